The van der Waals surface area contributed by atoms with Crippen molar-refractivity contribution in [3.8, 4) is 22.9 Å². The molecule has 0 spiro atoms. The summed E-state index contributed by atoms with van der Waals surface area (Å²) in [6.45, 7) is 7.35. The molecule has 1 heterocycles. The van der Waals surface area contributed by atoms with Crippen LogP contribution in [0.25, 0.3) is 11.4 Å². The van der Waals surface area contributed by atoms with Crippen molar-refractivity contribution in [1.29, 1.82) is 0 Å². The molecule has 0 bridgehead atoms. The monoisotopic (exact) mass is 440 g/mol. The fourth-order valence-electron chi connectivity index (χ4n) is 3.12. The first-order valence-electron chi connectivity index (χ1n) is 12.2. The van der Waals surface area contributed by atoms with Crippen molar-refractivity contribution in [1.82, 2.24) is 9.97 Å². The Kier molecular flexibility index (Phi) is 13.9. The summed E-state index contributed by atoms with van der Waals surface area (Å²) in [5.74, 6) is 2.22. The molecule has 0 aliphatic carbocycles. The lowest BCUT2D eigenvalue weighted by atomic mass is 10.2. The van der Waals surface area contributed by atoms with Gasteiger partial charge < -0.3 is 14.2 Å². The summed E-state index contributed by atoms with van der Waals surface area (Å²) in [5.41, 5.74) is 0.957. The maximum atomic E-state index is 5.75. The van der Waals surface area contributed by atoms with Gasteiger partial charge in [-0.05, 0) is 49.9 Å². The SMILES string of the molecule is CCCCC=CCOc1ccc(-c2ncc(OCCCCOCCCCCC)cn2)cc1. The Bertz CT molecular complexity index is 730. The summed E-state index contributed by atoms with van der Waals surface area (Å²) >= 11 is 0. The highest BCUT2D eigenvalue weighted by Gasteiger charge is 2.03. The second-order valence-electron chi connectivity index (χ2n) is 7.92. The van der Waals surface area contributed by atoms with E-state index in [0.717, 1.165) is 43.8 Å². The summed E-state index contributed by atoms with van der Waals surface area (Å²) in [6.07, 6.45) is 18.3. The zero-order valence-electron chi connectivity index (χ0n) is 19.9. The summed E-state index contributed by atoms with van der Waals surface area (Å²) in [5, 5.41) is 0. The topological polar surface area (TPSA) is 53.5 Å². The normalized spacial score (nSPS) is 11.2. The number of unbranched alkanes of at least 4 members (excludes halogenated alkanes) is 6. The zero-order valence-corrected chi connectivity index (χ0v) is 19.9. The average Bonchev–Trinajstić information content (AvgIpc) is 2.83. The molecule has 5 nitrogen and oxygen atoms in total. The number of rotatable bonds is 18. The summed E-state index contributed by atoms with van der Waals surface area (Å²) in [7, 11) is 0. The van der Waals surface area contributed by atoms with E-state index >= 15 is 0 Å². The quantitative estimate of drug-likeness (QED) is 0.184. The molecule has 0 atom stereocenters. The van der Waals surface area contributed by atoms with Gasteiger partial charge in [-0.1, -0.05) is 58.1 Å². The Morgan fingerprint density at radius 2 is 1.38 bits per heavy atom. The molecule has 0 saturated carbocycles. The molecule has 0 unspecified atom stereocenters. The van der Waals surface area contributed by atoms with E-state index in [9.17, 15) is 0 Å². The number of allylic oxidation sites excluding steroid dienone is 1. The molecular formula is C27H40N2O3. The van der Waals surface area contributed by atoms with Gasteiger partial charge in [0.05, 0.1) is 19.0 Å². The number of nitrogens with zero attached hydrogens (tertiary/aromatic N) is 2. The molecule has 0 fully saturated rings. The van der Waals surface area contributed by atoms with Crippen LogP contribution in [0.5, 0.6) is 11.5 Å². The lowest BCUT2D eigenvalue weighted by molar-refractivity contribution is 0.122. The minimum absolute atomic E-state index is 0.594. The molecule has 5 heteroatoms. The summed E-state index contributed by atoms with van der Waals surface area (Å²) in [6, 6.07) is 7.87. The second kappa shape index (κ2) is 17.2. The molecule has 0 amide bonds. The largest absolute Gasteiger partial charge is 0.490 e. The predicted molar refractivity (Wildman–Crippen MR) is 131 cm³/mol. The van der Waals surface area contributed by atoms with Gasteiger partial charge >= 0.3 is 0 Å². The molecular weight excluding hydrogens is 400 g/mol. The molecule has 0 radical (unpaired) electrons. The van der Waals surface area contributed by atoms with Crippen molar-refractivity contribution in [2.45, 2.75) is 71.6 Å². The van der Waals surface area contributed by atoms with Crippen molar-refractivity contribution in [2.24, 2.45) is 0 Å². The van der Waals surface area contributed by atoms with Crippen LogP contribution in [0.3, 0.4) is 0 Å². The molecule has 0 aliphatic heterocycles. The Labute approximate surface area is 194 Å². The molecule has 176 valence electrons. The van der Waals surface area contributed by atoms with Crippen LogP contribution >= 0.6 is 0 Å². The van der Waals surface area contributed by atoms with Crippen molar-refractivity contribution in [2.75, 3.05) is 26.4 Å². The molecule has 1 aromatic heterocycles. The van der Waals surface area contributed by atoms with Crippen LogP contribution in [-0.4, -0.2) is 36.4 Å². The van der Waals surface area contributed by atoms with Gasteiger partial charge in [0.2, 0.25) is 0 Å². The Morgan fingerprint density at radius 1 is 0.688 bits per heavy atom. The van der Waals surface area contributed by atoms with Gasteiger partial charge in [0.15, 0.2) is 11.6 Å². The molecule has 1 aromatic carbocycles. The number of benzene rings is 1. The first-order valence-corrected chi connectivity index (χ1v) is 12.2. The fourth-order valence-corrected chi connectivity index (χ4v) is 3.12. The third-order valence-corrected chi connectivity index (χ3v) is 5.07. The van der Waals surface area contributed by atoms with Gasteiger partial charge in [0.25, 0.3) is 0 Å². The lowest BCUT2D eigenvalue weighted by Crippen LogP contribution is -2.02. The Hall–Kier alpha value is -2.40. The molecule has 0 saturated heterocycles. The maximum Gasteiger partial charge on any atom is 0.159 e. The number of ether oxygens (including phenoxy) is 3. The molecule has 32 heavy (non-hydrogen) atoms. The van der Waals surface area contributed by atoms with E-state index in [1.807, 2.05) is 24.3 Å². The molecule has 0 aliphatic rings. The van der Waals surface area contributed by atoms with E-state index in [1.165, 1.54) is 38.5 Å². The molecule has 2 aromatic rings. The van der Waals surface area contributed by atoms with Crippen LogP contribution in [0, 0.1) is 0 Å². The van der Waals surface area contributed by atoms with E-state index in [-0.39, 0.29) is 0 Å². The van der Waals surface area contributed by atoms with Crippen LogP contribution in [-0.2, 0) is 4.74 Å². The standard InChI is InChI=1S/C27H40N2O3/c1-3-5-7-9-11-20-31-25-16-14-24(15-17-25)27-28-22-26(23-29-27)32-21-13-12-19-30-18-10-8-6-4-2/h9,11,14-17,22-23H,3-8,10,12-13,18-21H2,1-2H3. The highest BCUT2D eigenvalue weighted by atomic mass is 16.5. The highest BCUT2D eigenvalue weighted by Crippen LogP contribution is 2.20. The van der Waals surface area contributed by atoms with E-state index in [2.05, 4.69) is 36.0 Å². The van der Waals surface area contributed by atoms with E-state index < -0.39 is 0 Å². The van der Waals surface area contributed by atoms with Gasteiger partial charge in [-0.2, -0.15) is 0 Å². The van der Waals surface area contributed by atoms with Gasteiger partial charge in [0.1, 0.15) is 12.4 Å². The van der Waals surface area contributed by atoms with Crippen molar-refractivity contribution < 1.29 is 14.2 Å². The zero-order chi connectivity index (χ0) is 22.7. The minimum atomic E-state index is 0.594. The van der Waals surface area contributed by atoms with E-state index in [1.54, 1.807) is 12.4 Å². The van der Waals surface area contributed by atoms with Crippen molar-refractivity contribution in [3.05, 3.63) is 48.8 Å². The maximum absolute atomic E-state index is 5.75. The highest BCUT2D eigenvalue weighted by molar-refractivity contribution is 5.56. The van der Waals surface area contributed by atoms with Gasteiger partial charge in [0, 0.05) is 18.8 Å². The fraction of sp³-hybridized carbons (Fsp3) is 0.556. The average molecular weight is 441 g/mol. The summed E-state index contributed by atoms with van der Waals surface area (Å²) in [4.78, 5) is 8.87. The van der Waals surface area contributed by atoms with Crippen LogP contribution in [0.2, 0.25) is 0 Å². The Balaban J connectivity index is 1.62. The van der Waals surface area contributed by atoms with Gasteiger partial charge in [-0.15, -0.1) is 0 Å². The minimum Gasteiger partial charge on any atom is -0.490 e. The first-order chi connectivity index (χ1) is 15.8. The van der Waals surface area contributed by atoms with Crippen molar-refractivity contribution in [3.63, 3.8) is 0 Å². The van der Waals surface area contributed by atoms with Crippen LogP contribution < -0.4 is 9.47 Å². The van der Waals surface area contributed by atoms with Gasteiger partial charge in [-0.25, -0.2) is 9.97 Å². The molecule has 0 N–H and O–H groups in total. The number of hydrogen-bond acceptors (Lipinski definition) is 5. The predicted octanol–water partition coefficient (Wildman–Crippen LogP) is 7.02. The number of hydrogen-bond donors (Lipinski definition) is 0. The van der Waals surface area contributed by atoms with Crippen LogP contribution in [0.1, 0.15) is 71.6 Å². The van der Waals surface area contributed by atoms with Crippen LogP contribution in [0.15, 0.2) is 48.8 Å². The van der Waals surface area contributed by atoms with E-state index in [4.69, 9.17) is 14.2 Å². The van der Waals surface area contributed by atoms with Crippen LogP contribution in [0.4, 0.5) is 0 Å². The lowest BCUT2D eigenvalue weighted by Gasteiger charge is -2.07. The number of aromatic nitrogens is 2. The second-order valence-corrected chi connectivity index (χ2v) is 7.92. The van der Waals surface area contributed by atoms with Gasteiger partial charge in [-0.3, -0.25) is 0 Å². The summed E-state index contributed by atoms with van der Waals surface area (Å²) < 4.78 is 17.1. The smallest absolute Gasteiger partial charge is 0.159 e. The Morgan fingerprint density at radius 3 is 2.09 bits per heavy atom. The van der Waals surface area contributed by atoms with E-state index in [0.29, 0.717) is 24.8 Å². The third-order valence-electron chi connectivity index (χ3n) is 5.07. The van der Waals surface area contributed by atoms with Crippen molar-refractivity contribution >= 4 is 0 Å². The first kappa shape index (κ1) is 25.9. The molecule has 2 rings (SSSR count). The third kappa shape index (κ3) is 11.3.